The fourth-order valence-corrected chi connectivity index (χ4v) is 2.48. The number of carbonyl (C=O) groups excluding carboxylic acids is 1. The standard InChI is InChI=1S/C18H21N5O/c1-12(2)8-10-20-18(24)14-7-6-13(3)16(11-14)23-17-15(21-22-23)5-4-9-19-17/h4-7,9,11-12H,8,10H2,1-3H3,(H,20,24). The van der Waals surface area contributed by atoms with Crippen molar-refractivity contribution in [3.8, 4) is 5.69 Å². The normalized spacial score (nSPS) is 11.2. The fourth-order valence-electron chi connectivity index (χ4n) is 2.48. The first-order valence-corrected chi connectivity index (χ1v) is 8.12. The molecular weight excluding hydrogens is 302 g/mol. The van der Waals surface area contributed by atoms with Crippen LogP contribution >= 0.6 is 0 Å². The lowest BCUT2D eigenvalue weighted by atomic mass is 10.1. The molecule has 3 aromatic rings. The zero-order chi connectivity index (χ0) is 17.1. The van der Waals surface area contributed by atoms with Gasteiger partial charge in [-0.1, -0.05) is 25.1 Å². The quantitative estimate of drug-likeness (QED) is 0.783. The van der Waals surface area contributed by atoms with Gasteiger partial charge in [-0.3, -0.25) is 4.79 Å². The summed E-state index contributed by atoms with van der Waals surface area (Å²) in [6.07, 6.45) is 2.67. The van der Waals surface area contributed by atoms with Gasteiger partial charge in [0.15, 0.2) is 5.65 Å². The van der Waals surface area contributed by atoms with Crippen LogP contribution in [0.4, 0.5) is 0 Å². The third-order valence-corrected chi connectivity index (χ3v) is 3.92. The molecule has 3 rings (SSSR count). The molecule has 1 N–H and O–H groups in total. The predicted molar refractivity (Wildman–Crippen MR) is 93.2 cm³/mol. The fraction of sp³-hybridized carbons (Fsp3) is 0.333. The summed E-state index contributed by atoms with van der Waals surface area (Å²) in [5.41, 5.74) is 3.83. The lowest BCUT2D eigenvalue weighted by molar-refractivity contribution is 0.0952. The topological polar surface area (TPSA) is 72.7 Å². The minimum Gasteiger partial charge on any atom is -0.352 e. The van der Waals surface area contributed by atoms with Gasteiger partial charge in [0.1, 0.15) is 5.52 Å². The monoisotopic (exact) mass is 323 g/mol. The van der Waals surface area contributed by atoms with E-state index in [9.17, 15) is 4.79 Å². The van der Waals surface area contributed by atoms with E-state index in [1.54, 1.807) is 10.9 Å². The Labute approximate surface area is 140 Å². The molecule has 2 heterocycles. The molecule has 0 aliphatic rings. The van der Waals surface area contributed by atoms with Crippen LogP contribution in [0.1, 0.15) is 36.2 Å². The summed E-state index contributed by atoms with van der Waals surface area (Å²) in [4.78, 5) is 16.7. The molecule has 0 radical (unpaired) electrons. The largest absolute Gasteiger partial charge is 0.352 e. The van der Waals surface area contributed by atoms with Gasteiger partial charge in [-0.05, 0) is 49.1 Å². The Balaban J connectivity index is 1.91. The van der Waals surface area contributed by atoms with Crippen LogP contribution < -0.4 is 5.32 Å². The lowest BCUT2D eigenvalue weighted by Crippen LogP contribution is -2.25. The summed E-state index contributed by atoms with van der Waals surface area (Å²) in [6.45, 7) is 6.93. The number of benzene rings is 1. The molecule has 1 aromatic carbocycles. The van der Waals surface area contributed by atoms with E-state index in [2.05, 4.69) is 34.5 Å². The molecule has 124 valence electrons. The Morgan fingerprint density at radius 1 is 1.29 bits per heavy atom. The number of rotatable bonds is 5. The molecule has 0 bridgehead atoms. The average molecular weight is 323 g/mol. The van der Waals surface area contributed by atoms with Crippen LogP contribution in [0.5, 0.6) is 0 Å². The molecule has 0 spiro atoms. The molecular formula is C18H21N5O. The minimum absolute atomic E-state index is 0.0747. The SMILES string of the molecule is Cc1ccc(C(=O)NCCC(C)C)cc1-n1nnc2cccnc21. The van der Waals surface area contributed by atoms with Gasteiger partial charge in [0.05, 0.1) is 5.69 Å². The number of nitrogens with one attached hydrogen (secondary N) is 1. The van der Waals surface area contributed by atoms with Crippen LogP contribution in [0.15, 0.2) is 36.5 Å². The van der Waals surface area contributed by atoms with Crippen molar-refractivity contribution in [2.45, 2.75) is 27.2 Å². The van der Waals surface area contributed by atoms with Crippen LogP contribution in [0.2, 0.25) is 0 Å². The van der Waals surface area contributed by atoms with Crippen LogP contribution in [0, 0.1) is 12.8 Å². The van der Waals surface area contributed by atoms with E-state index in [0.29, 0.717) is 23.7 Å². The Morgan fingerprint density at radius 2 is 2.12 bits per heavy atom. The van der Waals surface area contributed by atoms with E-state index >= 15 is 0 Å². The van der Waals surface area contributed by atoms with Crippen molar-refractivity contribution >= 4 is 17.1 Å². The van der Waals surface area contributed by atoms with Gasteiger partial charge in [-0.15, -0.1) is 5.10 Å². The molecule has 0 atom stereocenters. The molecule has 6 heteroatoms. The van der Waals surface area contributed by atoms with Crippen molar-refractivity contribution in [1.82, 2.24) is 25.3 Å². The number of hydrogen-bond acceptors (Lipinski definition) is 4. The lowest BCUT2D eigenvalue weighted by Gasteiger charge is -2.10. The van der Waals surface area contributed by atoms with Crippen LogP contribution in [-0.4, -0.2) is 32.4 Å². The van der Waals surface area contributed by atoms with E-state index < -0.39 is 0 Å². The Morgan fingerprint density at radius 3 is 2.92 bits per heavy atom. The van der Waals surface area contributed by atoms with Crippen LogP contribution in [-0.2, 0) is 0 Å². The number of aromatic nitrogens is 4. The molecule has 6 nitrogen and oxygen atoms in total. The number of aryl methyl sites for hydroxylation is 1. The van der Waals surface area contributed by atoms with Gasteiger partial charge < -0.3 is 5.32 Å². The summed E-state index contributed by atoms with van der Waals surface area (Å²) in [5.74, 6) is 0.487. The summed E-state index contributed by atoms with van der Waals surface area (Å²) in [7, 11) is 0. The van der Waals surface area contributed by atoms with E-state index in [0.717, 1.165) is 23.2 Å². The molecule has 24 heavy (non-hydrogen) atoms. The first-order valence-electron chi connectivity index (χ1n) is 8.12. The highest BCUT2D eigenvalue weighted by Crippen LogP contribution is 2.19. The maximum atomic E-state index is 12.4. The van der Waals surface area contributed by atoms with Gasteiger partial charge in [0.2, 0.25) is 0 Å². The van der Waals surface area contributed by atoms with Crippen molar-refractivity contribution < 1.29 is 4.79 Å². The van der Waals surface area contributed by atoms with Crippen molar-refractivity contribution in [2.75, 3.05) is 6.54 Å². The highest BCUT2D eigenvalue weighted by molar-refractivity contribution is 5.95. The van der Waals surface area contributed by atoms with Crippen molar-refractivity contribution in [3.63, 3.8) is 0 Å². The third-order valence-electron chi connectivity index (χ3n) is 3.92. The minimum atomic E-state index is -0.0747. The zero-order valence-electron chi connectivity index (χ0n) is 14.2. The number of fused-ring (bicyclic) bond motifs is 1. The maximum absolute atomic E-state index is 12.4. The smallest absolute Gasteiger partial charge is 0.251 e. The Hall–Kier alpha value is -2.76. The molecule has 1 amide bonds. The van der Waals surface area contributed by atoms with Gasteiger partial charge in [0, 0.05) is 18.3 Å². The second kappa shape index (κ2) is 6.78. The van der Waals surface area contributed by atoms with Gasteiger partial charge in [-0.2, -0.15) is 4.68 Å². The number of pyridine rings is 1. The third kappa shape index (κ3) is 3.27. The first-order chi connectivity index (χ1) is 11.6. The molecule has 2 aromatic heterocycles. The van der Waals surface area contributed by atoms with E-state index in [1.807, 2.05) is 37.3 Å². The second-order valence-electron chi connectivity index (χ2n) is 6.29. The van der Waals surface area contributed by atoms with Crippen molar-refractivity contribution in [1.29, 1.82) is 0 Å². The molecule has 0 aliphatic heterocycles. The summed E-state index contributed by atoms with van der Waals surface area (Å²) >= 11 is 0. The maximum Gasteiger partial charge on any atom is 0.251 e. The van der Waals surface area contributed by atoms with Crippen LogP contribution in [0.3, 0.4) is 0 Å². The summed E-state index contributed by atoms with van der Waals surface area (Å²) in [6, 6.07) is 9.28. The number of amides is 1. The highest BCUT2D eigenvalue weighted by atomic mass is 16.1. The average Bonchev–Trinajstić information content (AvgIpc) is 2.99. The first kappa shape index (κ1) is 16.1. The molecule has 0 saturated heterocycles. The molecule has 0 aliphatic carbocycles. The Kier molecular flexibility index (Phi) is 4.55. The number of hydrogen-bond donors (Lipinski definition) is 1. The van der Waals surface area contributed by atoms with Crippen molar-refractivity contribution in [3.05, 3.63) is 47.7 Å². The van der Waals surface area contributed by atoms with Gasteiger partial charge in [0.25, 0.3) is 5.91 Å². The van der Waals surface area contributed by atoms with Crippen LogP contribution in [0.25, 0.3) is 16.9 Å². The van der Waals surface area contributed by atoms with E-state index in [4.69, 9.17) is 0 Å². The van der Waals surface area contributed by atoms with Gasteiger partial charge >= 0.3 is 0 Å². The zero-order valence-corrected chi connectivity index (χ0v) is 14.2. The molecule has 0 saturated carbocycles. The summed E-state index contributed by atoms with van der Waals surface area (Å²) < 4.78 is 1.68. The Bertz CT molecular complexity index is 869. The second-order valence-corrected chi connectivity index (χ2v) is 6.29. The number of nitrogens with zero attached hydrogens (tertiary/aromatic N) is 4. The molecule has 0 unspecified atom stereocenters. The molecule has 0 fully saturated rings. The number of carbonyl (C=O) groups is 1. The highest BCUT2D eigenvalue weighted by Gasteiger charge is 2.13. The van der Waals surface area contributed by atoms with E-state index in [-0.39, 0.29) is 5.91 Å². The summed E-state index contributed by atoms with van der Waals surface area (Å²) in [5, 5.41) is 11.3. The van der Waals surface area contributed by atoms with Gasteiger partial charge in [-0.25, -0.2) is 4.98 Å². The van der Waals surface area contributed by atoms with Crippen molar-refractivity contribution in [2.24, 2.45) is 5.92 Å². The predicted octanol–water partition coefficient (Wildman–Crippen LogP) is 2.90. The van der Waals surface area contributed by atoms with E-state index in [1.165, 1.54) is 0 Å².